The summed E-state index contributed by atoms with van der Waals surface area (Å²) in [6.07, 6.45) is 9.74. The first-order valence-electron chi connectivity index (χ1n) is 12.8. The van der Waals surface area contributed by atoms with Crippen LogP contribution in [0.4, 0.5) is 0 Å². The molecule has 10 atom stereocenters. The van der Waals surface area contributed by atoms with Gasteiger partial charge in [0.05, 0.1) is 19.3 Å². The monoisotopic (exact) mass is 435 g/mol. The average molecular weight is 436 g/mol. The number of carbonyl (C=O) groups is 1. The van der Waals surface area contributed by atoms with E-state index in [1.807, 2.05) is 0 Å². The van der Waals surface area contributed by atoms with Gasteiger partial charge in [-0.15, -0.1) is 0 Å². The summed E-state index contributed by atoms with van der Waals surface area (Å²) in [7, 11) is 3.23. The van der Waals surface area contributed by atoms with Crippen molar-refractivity contribution in [2.24, 2.45) is 46.3 Å². The van der Waals surface area contributed by atoms with Crippen molar-refractivity contribution in [2.45, 2.75) is 97.2 Å². The third kappa shape index (κ3) is 3.87. The quantitative estimate of drug-likeness (QED) is 0.628. The molecule has 2 N–H and O–H groups in total. The number of aliphatic hydroxyl groups excluding tert-OH is 2. The van der Waals surface area contributed by atoms with Gasteiger partial charge in [0, 0.05) is 13.5 Å². The van der Waals surface area contributed by atoms with Crippen LogP contribution in [0, 0.1) is 46.3 Å². The summed E-state index contributed by atoms with van der Waals surface area (Å²) in [6.45, 7) is 7.30. The second kappa shape index (κ2) is 8.61. The standard InChI is InChI=1S/C26H45NO4/c1-16(6-9-24(30)27(4)31-5)19-7-8-20-18-15-23(29)22-14-17(28)10-12-26(22,3)21(18)11-13-25(19,20)2/h16-23,28-29H,6-15H2,1-5H3/t16?,17-,18?,19?,20?,21?,22?,23+,25?,26?/m1/s1. The molecule has 5 nitrogen and oxygen atoms in total. The van der Waals surface area contributed by atoms with Gasteiger partial charge in [0.15, 0.2) is 0 Å². The summed E-state index contributed by atoms with van der Waals surface area (Å²) in [5.74, 6) is 3.52. The van der Waals surface area contributed by atoms with E-state index in [9.17, 15) is 15.0 Å². The molecule has 0 heterocycles. The number of fused-ring (bicyclic) bond motifs is 5. The molecule has 0 aromatic carbocycles. The summed E-state index contributed by atoms with van der Waals surface area (Å²) < 4.78 is 0. The van der Waals surface area contributed by atoms with E-state index in [0.717, 1.165) is 32.1 Å². The third-order valence-electron chi connectivity index (χ3n) is 10.9. The zero-order valence-electron chi connectivity index (χ0n) is 20.3. The van der Waals surface area contributed by atoms with Crippen LogP contribution < -0.4 is 0 Å². The molecular weight excluding hydrogens is 390 g/mol. The largest absolute Gasteiger partial charge is 0.393 e. The Hall–Kier alpha value is -0.650. The van der Waals surface area contributed by atoms with Gasteiger partial charge in [-0.1, -0.05) is 20.8 Å². The Balaban J connectivity index is 1.47. The molecule has 31 heavy (non-hydrogen) atoms. The maximum absolute atomic E-state index is 12.2. The highest BCUT2D eigenvalue weighted by Gasteiger charge is 2.62. The Morgan fingerprint density at radius 3 is 2.42 bits per heavy atom. The van der Waals surface area contributed by atoms with Crippen LogP contribution in [0.3, 0.4) is 0 Å². The van der Waals surface area contributed by atoms with Gasteiger partial charge >= 0.3 is 0 Å². The summed E-state index contributed by atoms with van der Waals surface area (Å²) in [5, 5.41) is 22.8. The highest BCUT2D eigenvalue weighted by molar-refractivity contribution is 5.74. The fourth-order valence-electron chi connectivity index (χ4n) is 9.07. The van der Waals surface area contributed by atoms with Crippen LogP contribution in [0.2, 0.25) is 0 Å². The summed E-state index contributed by atoms with van der Waals surface area (Å²) in [6, 6.07) is 0. The first-order valence-corrected chi connectivity index (χ1v) is 12.8. The molecule has 4 rings (SSSR count). The van der Waals surface area contributed by atoms with E-state index in [0.29, 0.717) is 41.4 Å². The van der Waals surface area contributed by atoms with E-state index < -0.39 is 0 Å². The molecule has 0 aromatic rings. The van der Waals surface area contributed by atoms with E-state index >= 15 is 0 Å². The normalized spacial score (nSPS) is 47.8. The van der Waals surface area contributed by atoms with Crippen molar-refractivity contribution in [1.82, 2.24) is 5.06 Å². The fourth-order valence-corrected chi connectivity index (χ4v) is 9.07. The molecule has 4 fully saturated rings. The van der Waals surface area contributed by atoms with E-state index in [-0.39, 0.29) is 29.4 Å². The number of amides is 1. The Morgan fingerprint density at radius 1 is 1.03 bits per heavy atom. The van der Waals surface area contributed by atoms with Gasteiger partial charge in [-0.2, -0.15) is 0 Å². The number of nitrogens with zero attached hydrogens (tertiary/aromatic N) is 1. The molecule has 4 aliphatic carbocycles. The molecule has 0 bridgehead atoms. The molecule has 178 valence electrons. The van der Waals surface area contributed by atoms with Crippen molar-refractivity contribution in [3.05, 3.63) is 0 Å². The number of rotatable bonds is 5. The first-order chi connectivity index (χ1) is 14.6. The maximum Gasteiger partial charge on any atom is 0.245 e. The molecule has 0 radical (unpaired) electrons. The summed E-state index contributed by atoms with van der Waals surface area (Å²) in [4.78, 5) is 17.3. The van der Waals surface area contributed by atoms with Crippen molar-refractivity contribution in [2.75, 3.05) is 14.2 Å². The SMILES string of the molecule is CON(C)C(=O)CCC(C)C1CCC2C3C[C@H](O)C4C[C@H](O)CCC4(C)C3CCC12C. The Morgan fingerprint density at radius 2 is 1.71 bits per heavy atom. The van der Waals surface area contributed by atoms with Gasteiger partial charge in [0.25, 0.3) is 0 Å². The van der Waals surface area contributed by atoms with Crippen molar-refractivity contribution in [3.8, 4) is 0 Å². The Labute approximate surface area is 188 Å². The van der Waals surface area contributed by atoms with Crippen LogP contribution in [-0.2, 0) is 9.63 Å². The van der Waals surface area contributed by atoms with Crippen molar-refractivity contribution < 1.29 is 19.8 Å². The van der Waals surface area contributed by atoms with Crippen LogP contribution >= 0.6 is 0 Å². The van der Waals surface area contributed by atoms with Crippen molar-refractivity contribution in [1.29, 1.82) is 0 Å². The predicted molar refractivity (Wildman–Crippen MR) is 121 cm³/mol. The van der Waals surface area contributed by atoms with E-state index in [1.165, 1.54) is 30.7 Å². The van der Waals surface area contributed by atoms with E-state index in [1.54, 1.807) is 14.2 Å². The lowest BCUT2D eigenvalue weighted by Gasteiger charge is -2.62. The van der Waals surface area contributed by atoms with Crippen molar-refractivity contribution >= 4 is 5.91 Å². The zero-order valence-corrected chi connectivity index (χ0v) is 20.3. The summed E-state index contributed by atoms with van der Waals surface area (Å²) in [5.41, 5.74) is 0.512. The Kier molecular flexibility index (Phi) is 6.53. The van der Waals surface area contributed by atoms with Gasteiger partial charge < -0.3 is 10.2 Å². The molecule has 0 aromatic heterocycles. The van der Waals surface area contributed by atoms with Crippen LogP contribution in [0.5, 0.6) is 0 Å². The van der Waals surface area contributed by atoms with E-state index in [2.05, 4.69) is 20.8 Å². The first kappa shape index (κ1) is 23.5. The number of hydrogen-bond donors (Lipinski definition) is 2. The minimum absolute atomic E-state index is 0.0617. The van der Waals surface area contributed by atoms with Crippen molar-refractivity contribution in [3.63, 3.8) is 0 Å². The topological polar surface area (TPSA) is 70.0 Å². The molecule has 0 saturated heterocycles. The Bertz CT molecular complexity index is 670. The highest BCUT2D eigenvalue weighted by atomic mass is 16.7. The van der Waals surface area contributed by atoms with Gasteiger partial charge in [-0.3, -0.25) is 9.63 Å². The van der Waals surface area contributed by atoms with Crippen LogP contribution in [0.1, 0.15) is 85.0 Å². The van der Waals surface area contributed by atoms with Gasteiger partial charge in [0.2, 0.25) is 5.91 Å². The lowest BCUT2D eigenvalue weighted by atomic mass is 9.44. The minimum Gasteiger partial charge on any atom is -0.393 e. The van der Waals surface area contributed by atoms with Gasteiger partial charge in [0.1, 0.15) is 0 Å². The number of carbonyl (C=O) groups excluding carboxylic acids is 1. The molecule has 0 spiro atoms. The second-order valence-electron chi connectivity index (χ2n) is 12.0. The summed E-state index contributed by atoms with van der Waals surface area (Å²) >= 11 is 0. The molecule has 0 aliphatic heterocycles. The zero-order chi connectivity index (χ0) is 22.6. The van der Waals surface area contributed by atoms with Gasteiger partial charge in [-0.05, 0) is 104 Å². The molecule has 5 heteroatoms. The van der Waals surface area contributed by atoms with Crippen LogP contribution in [0.25, 0.3) is 0 Å². The molecule has 1 amide bonds. The molecule has 8 unspecified atom stereocenters. The second-order valence-corrected chi connectivity index (χ2v) is 12.0. The molecular formula is C26H45NO4. The lowest BCUT2D eigenvalue weighted by Crippen LogP contribution is -2.58. The fraction of sp³-hybridized carbons (Fsp3) is 0.962. The number of aliphatic hydroxyl groups is 2. The molecule has 4 saturated carbocycles. The predicted octanol–water partition coefficient (Wildman–Crippen LogP) is 4.41. The van der Waals surface area contributed by atoms with E-state index in [4.69, 9.17) is 4.84 Å². The van der Waals surface area contributed by atoms with Crippen LogP contribution in [-0.4, -0.2) is 47.5 Å². The third-order valence-corrected chi connectivity index (χ3v) is 10.9. The van der Waals surface area contributed by atoms with Crippen LogP contribution in [0.15, 0.2) is 0 Å². The smallest absolute Gasteiger partial charge is 0.245 e. The average Bonchev–Trinajstić information content (AvgIpc) is 3.10. The lowest BCUT2D eigenvalue weighted by molar-refractivity contribution is -0.173. The highest BCUT2D eigenvalue weighted by Crippen LogP contribution is 2.68. The maximum atomic E-state index is 12.2. The van der Waals surface area contributed by atoms with Gasteiger partial charge in [-0.25, -0.2) is 5.06 Å². The molecule has 4 aliphatic rings. The minimum atomic E-state index is -0.262. The number of hydrogen-bond acceptors (Lipinski definition) is 4. The number of hydroxylamine groups is 2.